The summed E-state index contributed by atoms with van der Waals surface area (Å²) in [6.45, 7) is 4.31. The highest BCUT2D eigenvalue weighted by Gasteiger charge is 2.06. The van der Waals surface area contributed by atoms with E-state index in [0.29, 0.717) is 23.4 Å². The molecule has 0 bridgehead atoms. The second-order valence-electron chi connectivity index (χ2n) is 5.89. The molecule has 0 atom stereocenters. The lowest BCUT2D eigenvalue weighted by atomic mass is 10.1. The molecule has 128 valence electrons. The highest BCUT2D eigenvalue weighted by atomic mass is 16.5. The van der Waals surface area contributed by atoms with E-state index in [4.69, 9.17) is 4.74 Å². The van der Waals surface area contributed by atoms with Crippen molar-refractivity contribution < 1.29 is 9.53 Å². The lowest BCUT2D eigenvalue weighted by Gasteiger charge is -2.08. The second kappa shape index (κ2) is 7.21. The molecule has 0 aliphatic heterocycles. The first-order valence-corrected chi connectivity index (χ1v) is 8.20. The van der Waals surface area contributed by atoms with Gasteiger partial charge in [-0.15, -0.1) is 0 Å². The largest absolute Gasteiger partial charge is 0.494 e. The lowest BCUT2D eigenvalue weighted by Crippen LogP contribution is -2.14. The zero-order valence-electron chi connectivity index (χ0n) is 14.3. The first-order valence-electron chi connectivity index (χ1n) is 8.20. The molecule has 2 aromatic carbocycles. The van der Waals surface area contributed by atoms with Crippen LogP contribution >= 0.6 is 0 Å². The van der Waals surface area contributed by atoms with Crippen LogP contribution in [0.25, 0.3) is 10.9 Å². The number of ether oxygens (including phenoxy) is 1. The predicted octanol–water partition coefficient (Wildman–Crippen LogP) is 3.42. The summed E-state index contributed by atoms with van der Waals surface area (Å²) in [6, 6.07) is 14.8. The van der Waals surface area contributed by atoms with Crippen LogP contribution < -0.4 is 15.6 Å². The minimum absolute atomic E-state index is 0.113. The minimum atomic E-state index is -0.120. The van der Waals surface area contributed by atoms with Crippen LogP contribution in [0, 0.1) is 6.92 Å². The third-order valence-electron chi connectivity index (χ3n) is 3.91. The number of aryl methyl sites for hydroxylation is 1. The molecule has 0 unspecified atom stereocenters. The smallest absolute Gasteiger partial charge is 0.251 e. The summed E-state index contributed by atoms with van der Waals surface area (Å²) in [5.41, 5.74) is 2.81. The SMILES string of the molecule is CCOc1ccc(CC(=O)Nc2ccc3cc(C)c(=O)[nH]c3c2)cc1. The molecule has 2 N–H and O–H groups in total. The Hall–Kier alpha value is -3.08. The number of hydrogen-bond acceptors (Lipinski definition) is 3. The van der Waals surface area contributed by atoms with Crippen molar-refractivity contribution in [1.82, 2.24) is 4.98 Å². The minimum Gasteiger partial charge on any atom is -0.494 e. The van der Waals surface area contributed by atoms with Gasteiger partial charge in [-0.2, -0.15) is 0 Å². The Labute approximate surface area is 145 Å². The standard InChI is InChI=1S/C20H20N2O3/c1-3-25-17-8-4-14(5-9-17)11-19(23)21-16-7-6-15-10-13(2)20(24)22-18(15)12-16/h4-10,12H,3,11H2,1-2H3,(H,21,23)(H,22,24). The fourth-order valence-corrected chi connectivity index (χ4v) is 2.65. The Kier molecular flexibility index (Phi) is 4.84. The van der Waals surface area contributed by atoms with Crippen molar-refractivity contribution in [3.8, 4) is 5.75 Å². The third kappa shape index (κ3) is 4.07. The van der Waals surface area contributed by atoms with Crippen LogP contribution in [0.1, 0.15) is 18.1 Å². The van der Waals surface area contributed by atoms with Crippen LogP contribution in [0.3, 0.4) is 0 Å². The van der Waals surface area contributed by atoms with Crippen LogP contribution in [0.4, 0.5) is 5.69 Å². The summed E-state index contributed by atoms with van der Waals surface area (Å²) in [4.78, 5) is 26.8. The van der Waals surface area contributed by atoms with Crippen molar-refractivity contribution in [2.24, 2.45) is 0 Å². The summed E-state index contributed by atoms with van der Waals surface area (Å²) in [7, 11) is 0. The average Bonchev–Trinajstić information content (AvgIpc) is 2.58. The van der Waals surface area contributed by atoms with Gasteiger partial charge in [0.1, 0.15) is 5.75 Å². The third-order valence-corrected chi connectivity index (χ3v) is 3.91. The number of amides is 1. The molecule has 0 aliphatic carbocycles. The summed E-state index contributed by atoms with van der Waals surface area (Å²) in [5, 5.41) is 3.80. The van der Waals surface area contributed by atoms with E-state index in [-0.39, 0.29) is 17.9 Å². The number of benzene rings is 2. The summed E-state index contributed by atoms with van der Waals surface area (Å²) in [5.74, 6) is 0.679. The molecule has 1 amide bonds. The van der Waals surface area contributed by atoms with Gasteiger partial charge in [-0.05, 0) is 55.1 Å². The second-order valence-corrected chi connectivity index (χ2v) is 5.89. The monoisotopic (exact) mass is 336 g/mol. The van der Waals surface area contributed by atoms with Crippen molar-refractivity contribution in [2.45, 2.75) is 20.3 Å². The number of hydrogen-bond donors (Lipinski definition) is 2. The molecule has 25 heavy (non-hydrogen) atoms. The van der Waals surface area contributed by atoms with Gasteiger partial charge in [0.25, 0.3) is 5.56 Å². The highest BCUT2D eigenvalue weighted by molar-refractivity contribution is 5.94. The molecule has 1 aromatic heterocycles. The van der Waals surface area contributed by atoms with Crippen molar-refractivity contribution >= 4 is 22.5 Å². The number of rotatable bonds is 5. The van der Waals surface area contributed by atoms with Gasteiger partial charge in [0.2, 0.25) is 5.91 Å². The quantitative estimate of drug-likeness (QED) is 0.750. The highest BCUT2D eigenvalue weighted by Crippen LogP contribution is 2.18. The van der Waals surface area contributed by atoms with Crippen LogP contribution in [-0.2, 0) is 11.2 Å². The molecule has 0 saturated carbocycles. The molecule has 0 spiro atoms. The number of carbonyl (C=O) groups excluding carboxylic acids is 1. The topological polar surface area (TPSA) is 71.2 Å². The maximum absolute atomic E-state index is 12.2. The molecule has 0 fully saturated rings. The maximum atomic E-state index is 12.2. The number of pyridine rings is 1. The van der Waals surface area contributed by atoms with Crippen LogP contribution in [0.2, 0.25) is 0 Å². The van der Waals surface area contributed by atoms with Crippen molar-refractivity contribution in [2.75, 3.05) is 11.9 Å². The van der Waals surface area contributed by atoms with E-state index in [1.165, 1.54) is 0 Å². The average molecular weight is 336 g/mol. The van der Waals surface area contributed by atoms with E-state index in [2.05, 4.69) is 10.3 Å². The zero-order valence-corrected chi connectivity index (χ0v) is 14.3. The van der Waals surface area contributed by atoms with Crippen LogP contribution in [-0.4, -0.2) is 17.5 Å². The molecule has 0 saturated heterocycles. The Morgan fingerprint density at radius 1 is 1.12 bits per heavy atom. The Bertz CT molecular complexity index is 959. The van der Waals surface area contributed by atoms with Gasteiger partial charge >= 0.3 is 0 Å². The molecule has 0 radical (unpaired) electrons. The number of nitrogens with one attached hydrogen (secondary N) is 2. The summed E-state index contributed by atoms with van der Waals surface area (Å²) < 4.78 is 5.39. The molecular weight excluding hydrogens is 316 g/mol. The first kappa shape index (κ1) is 16.8. The molecule has 5 heteroatoms. The Morgan fingerprint density at radius 3 is 2.60 bits per heavy atom. The van der Waals surface area contributed by atoms with Crippen molar-refractivity contribution in [3.05, 3.63) is 70.0 Å². The summed E-state index contributed by atoms with van der Waals surface area (Å²) >= 11 is 0. The van der Waals surface area contributed by atoms with E-state index >= 15 is 0 Å². The van der Waals surface area contributed by atoms with Gasteiger partial charge < -0.3 is 15.0 Å². The fraction of sp³-hybridized carbons (Fsp3) is 0.200. The Morgan fingerprint density at radius 2 is 1.88 bits per heavy atom. The lowest BCUT2D eigenvalue weighted by molar-refractivity contribution is -0.115. The van der Waals surface area contributed by atoms with E-state index in [9.17, 15) is 9.59 Å². The zero-order chi connectivity index (χ0) is 17.8. The van der Waals surface area contributed by atoms with Crippen molar-refractivity contribution in [3.63, 3.8) is 0 Å². The van der Waals surface area contributed by atoms with Crippen molar-refractivity contribution in [1.29, 1.82) is 0 Å². The predicted molar refractivity (Wildman–Crippen MR) is 99.3 cm³/mol. The van der Waals surface area contributed by atoms with E-state index < -0.39 is 0 Å². The van der Waals surface area contributed by atoms with Gasteiger partial charge in [-0.3, -0.25) is 9.59 Å². The number of aromatic amines is 1. The van der Waals surface area contributed by atoms with E-state index in [1.54, 1.807) is 13.0 Å². The van der Waals surface area contributed by atoms with Gasteiger partial charge in [-0.1, -0.05) is 18.2 Å². The van der Waals surface area contributed by atoms with Crippen LogP contribution in [0.5, 0.6) is 5.75 Å². The van der Waals surface area contributed by atoms with E-state index in [0.717, 1.165) is 16.7 Å². The molecule has 0 aliphatic rings. The number of H-pyrrole nitrogens is 1. The van der Waals surface area contributed by atoms with E-state index in [1.807, 2.05) is 49.4 Å². The number of fused-ring (bicyclic) bond motifs is 1. The molecule has 1 heterocycles. The molecular formula is C20H20N2O3. The number of aromatic nitrogens is 1. The maximum Gasteiger partial charge on any atom is 0.251 e. The molecule has 5 nitrogen and oxygen atoms in total. The number of anilines is 1. The first-order chi connectivity index (χ1) is 12.0. The van der Waals surface area contributed by atoms with Gasteiger partial charge in [0.15, 0.2) is 0 Å². The number of carbonyl (C=O) groups is 1. The molecule has 3 rings (SSSR count). The summed E-state index contributed by atoms with van der Waals surface area (Å²) in [6.07, 6.45) is 0.273. The normalized spacial score (nSPS) is 10.6. The van der Waals surface area contributed by atoms with Gasteiger partial charge in [0, 0.05) is 11.3 Å². The molecule has 3 aromatic rings. The van der Waals surface area contributed by atoms with Gasteiger partial charge in [0.05, 0.1) is 18.5 Å². The van der Waals surface area contributed by atoms with Gasteiger partial charge in [-0.25, -0.2) is 0 Å². The Balaban J connectivity index is 1.71. The fourth-order valence-electron chi connectivity index (χ4n) is 2.65. The van der Waals surface area contributed by atoms with Crippen LogP contribution in [0.15, 0.2) is 53.3 Å².